The van der Waals surface area contributed by atoms with Crippen molar-refractivity contribution in [1.29, 1.82) is 0 Å². The van der Waals surface area contributed by atoms with Crippen LogP contribution >= 0.6 is 0 Å². The van der Waals surface area contributed by atoms with Crippen molar-refractivity contribution in [2.24, 2.45) is 0 Å². The summed E-state index contributed by atoms with van der Waals surface area (Å²) < 4.78 is 1.24. The SMILES string of the molecule is CN1C(=O)CC(n2cc[nH]c2=O)C1=O. The molecule has 1 N–H and O–H groups in total. The molecule has 1 aliphatic heterocycles. The summed E-state index contributed by atoms with van der Waals surface area (Å²) in [5, 5.41) is 0. The van der Waals surface area contributed by atoms with Crippen LogP contribution in [-0.2, 0) is 9.59 Å². The Balaban J connectivity index is 2.39. The first-order chi connectivity index (χ1) is 6.61. The minimum absolute atomic E-state index is 0.0626. The fourth-order valence-electron chi connectivity index (χ4n) is 1.53. The molecule has 0 radical (unpaired) electrons. The van der Waals surface area contributed by atoms with E-state index in [2.05, 4.69) is 4.98 Å². The molecule has 0 bridgehead atoms. The summed E-state index contributed by atoms with van der Waals surface area (Å²) in [5.74, 6) is -0.593. The van der Waals surface area contributed by atoms with E-state index in [0.29, 0.717) is 0 Å². The molecule has 0 aromatic carbocycles. The third-order valence-electron chi connectivity index (χ3n) is 2.37. The number of H-pyrrole nitrogens is 1. The van der Waals surface area contributed by atoms with E-state index < -0.39 is 6.04 Å². The molecule has 0 spiro atoms. The van der Waals surface area contributed by atoms with Crippen molar-refractivity contribution >= 4 is 11.8 Å². The normalized spacial score (nSPS) is 22.1. The quantitative estimate of drug-likeness (QED) is 0.590. The summed E-state index contributed by atoms with van der Waals surface area (Å²) in [7, 11) is 1.42. The van der Waals surface area contributed by atoms with Gasteiger partial charge in [-0.1, -0.05) is 0 Å². The molecule has 6 heteroatoms. The van der Waals surface area contributed by atoms with Crippen molar-refractivity contribution < 1.29 is 9.59 Å². The van der Waals surface area contributed by atoms with Gasteiger partial charge in [-0.25, -0.2) is 4.79 Å². The summed E-state index contributed by atoms with van der Waals surface area (Å²) in [6, 6.07) is -0.675. The lowest BCUT2D eigenvalue weighted by molar-refractivity contribution is -0.137. The van der Waals surface area contributed by atoms with Gasteiger partial charge in [-0.05, 0) is 0 Å². The van der Waals surface area contributed by atoms with Crippen molar-refractivity contribution in [1.82, 2.24) is 14.5 Å². The number of likely N-dealkylation sites (N-methyl/N-ethyl adjacent to an activating group) is 1. The summed E-state index contributed by atoms with van der Waals surface area (Å²) in [4.78, 5) is 37.3. The Bertz CT molecular complexity index is 445. The van der Waals surface area contributed by atoms with E-state index in [1.807, 2.05) is 0 Å². The molecular formula is C8H9N3O3. The van der Waals surface area contributed by atoms with Crippen molar-refractivity contribution in [3.8, 4) is 0 Å². The maximum atomic E-state index is 11.5. The van der Waals surface area contributed by atoms with Crippen molar-refractivity contribution in [3.05, 3.63) is 22.9 Å². The average Bonchev–Trinajstić information content (AvgIpc) is 2.66. The molecule has 0 saturated carbocycles. The Morgan fingerprint density at radius 1 is 1.43 bits per heavy atom. The molecule has 0 aliphatic carbocycles. The number of imide groups is 1. The molecule has 1 fully saturated rings. The molecule has 2 heterocycles. The van der Waals surface area contributed by atoms with Crippen molar-refractivity contribution in [3.63, 3.8) is 0 Å². The molecule has 1 atom stereocenters. The summed E-state index contributed by atoms with van der Waals surface area (Å²) >= 11 is 0. The highest BCUT2D eigenvalue weighted by atomic mass is 16.2. The van der Waals surface area contributed by atoms with Crippen LogP contribution in [0.5, 0.6) is 0 Å². The lowest BCUT2D eigenvalue weighted by atomic mass is 10.2. The lowest BCUT2D eigenvalue weighted by Crippen LogP contribution is -2.30. The number of carbonyl (C=O) groups excluding carboxylic acids is 2. The Kier molecular flexibility index (Phi) is 1.77. The lowest BCUT2D eigenvalue weighted by Gasteiger charge is -2.08. The predicted octanol–water partition coefficient (Wildman–Crippen LogP) is -0.894. The Hall–Kier alpha value is -1.85. The van der Waals surface area contributed by atoms with Crippen LogP contribution in [0.25, 0.3) is 0 Å². The highest BCUT2D eigenvalue weighted by Crippen LogP contribution is 2.21. The number of aromatic nitrogens is 2. The number of nitrogens with zero attached hydrogens (tertiary/aromatic N) is 2. The maximum Gasteiger partial charge on any atom is 0.326 e. The van der Waals surface area contributed by atoms with Crippen LogP contribution in [0.2, 0.25) is 0 Å². The number of aromatic amines is 1. The van der Waals surface area contributed by atoms with Gasteiger partial charge in [0.1, 0.15) is 6.04 Å². The fourth-order valence-corrected chi connectivity index (χ4v) is 1.53. The molecular weight excluding hydrogens is 186 g/mol. The number of amides is 2. The van der Waals surface area contributed by atoms with Crippen LogP contribution in [0.15, 0.2) is 17.2 Å². The summed E-state index contributed by atoms with van der Waals surface area (Å²) in [6.07, 6.45) is 2.98. The molecule has 1 aliphatic rings. The van der Waals surface area contributed by atoms with Crippen LogP contribution in [-0.4, -0.2) is 33.3 Å². The second-order valence-corrected chi connectivity index (χ2v) is 3.18. The molecule has 2 rings (SSSR count). The predicted molar refractivity (Wildman–Crippen MR) is 46.5 cm³/mol. The van der Waals surface area contributed by atoms with Gasteiger partial charge in [0.25, 0.3) is 5.91 Å². The molecule has 74 valence electrons. The van der Waals surface area contributed by atoms with Gasteiger partial charge in [0.2, 0.25) is 5.91 Å². The minimum Gasteiger partial charge on any atom is -0.313 e. The van der Waals surface area contributed by atoms with E-state index in [1.54, 1.807) is 0 Å². The maximum absolute atomic E-state index is 11.5. The monoisotopic (exact) mass is 195 g/mol. The van der Waals surface area contributed by atoms with Crippen LogP contribution in [0, 0.1) is 0 Å². The van der Waals surface area contributed by atoms with Gasteiger partial charge in [-0.2, -0.15) is 0 Å². The zero-order valence-electron chi connectivity index (χ0n) is 7.56. The highest BCUT2D eigenvalue weighted by Gasteiger charge is 2.37. The fraction of sp³-hybridized carbons (Fsp3) is 0.375. The minimum atomic E-state index is -0.675. The van der Waals surface area contributed by atoms with Gasteiger partial charge in [-0.3, -0.25) is 19.1 Å². The smallest absolute Gasteiger partial charge is 0.313 e. The van der Waals surface area contributed by atoms with E-state index in [1.165, 1.54) is 24.0 Å². The van der Waals surface area contributed by atoms with Crippen LogP contribution in [0.3, 0.4) is 0 Å². The van der Waals surface area contributed by atoms with Gasteiger partial charge in [0, 0.05) is 19.4 Å². The average molecular weight is 195 g/mol. The number of imidazole rings is 1. The van der Waals surface area contributed by atoms with E-state index >= 15 is 0 Å². The van der Waals surface area contributed by atoms with E-state index in [0.717, 1.165) is 4.90 Å². The molecule has 6 nitrogen and oxygen atoms in total. The van der Waals surface area contributed by atoms with E-state index in [9.17, 15) is 14.4 Å². The molecule has 1 saturated heterocycles. The molecule has 2 amide bonds. The largest absolute Gasteiger partial charge is 0.326 e. The third kappa shape index (κ3) is 1.07. The molecule has 1 aromatic heterocycles. The van der Waals surface area contributed by atoms with Crippen LogP contribution in [0.4, 0.5) is 0 Å². The second-order valence-electron chi connectivity index (χ2n) is 3.18. The van der Waals surface area contributed by atoms with Gasteiger partial charge in [0.15, 0.2) is 0 Å². The molecule has 1 aromatic rings. The Morgan fingerprint density at radius 3 is 2.57 bits per heavy atom. The standard InChI is InChI=1S/C8H9N3O3/c1-10-6(12)4-5(7(10)13)11-3-2-9-8(11)14/h2-3,5H,4H2,1H3,(H,9,14). The third-order valence-corrected chi connectivity index (χ3v) is 2.37. The topological polar surface area (TPSA) is 75.2 Å². The van der Waals surface area contributed by atoms with Crippen LogP contribution < -0.4 is 5.69 Å². The van der Waals surface area contributed by atoms with E-state index in [4.69, 9.17) is 0 Å². The van der Waals surface area contributed by atoms with E-state index in [-0.39, 0.29) is 23.9 Å². The Labute approximate surface area is 79.1 Å². The van der Waals surface area contributed by atoms with Crippen molar-refractivity contribution in [2.75, 3.05) is 7.05 Å². The zero-order valence-corrected chi connectivity index (χ0v) is 7.56. The zero-order chi connectivity index (χ0) is 10.3. The number of nitrogens with one attached hydrogen (secondary N) is 1. The van der Waals surface area contributed by atoms with Gasteiger partial charge in [0.05, 0.1) is 6.42 Å². The summed E-state index contributed by atoms with van der Waals surface area (Å²) in [6.45, 7) is 0. The number of rotatable bonds is 1. The van der Waals surface area contributed by atoms with Gasteiger partial charge in [-0.15, -0.1) is 0 Å². The number of hydrogen-bond donors (Lipinski definition) is 1. The van der Waals surface area contributed by atoms with Crippen LogP contribution in [0.1, 0.15) is 12.5 Å². The molecule has 1 unspecified atom stereocenters. The first-order valence-corrected chi connectivity index (χ1v) is 4.17. The number of likely N-dealkylation sites (tertiary alicyclic amines) is 1. The number of hydrogen-bond acceptors (Lipinski definition) is 3. The van der Waals surface area contributed by atoms with Gasteiger partial charge >= 0.3 is 5.69 Å². The first kappa shape index (κ1) is 8.74. The second kappa shape index (κ2) is 2.83. The van der Waals surface area contributed by atoms with Gasteiger partial charge < -0.3 is 4.98 Å². The first-order valence-electron chi connectivity index (χ1n) is 4.17. The highest BCUT2D eigenvalue weighted by molar-refractivity contribution is 6.04. The number of carbonyl (C=O) groups is 2. The van der Waals surface area contributed by atoms with Crippen molar-refractivity contribution in [2.45, 2.75) is 12.5 Å². The molecule has 14 heavy (non-hydrogen) atoms. The Morgan fingerprint density at radius 2 is 2.14 bits per heavy atom. The summed E-state index contributed by atoms with van der Waals surface area (Å²) in [5.41, 5.74) is -0.369.